The predicted octanol–water partition coefficient (Wildman–Crippen LogP) is 0.460. The first-order valence-electron chi connectivity index (χ1n) is 4.80. The lowest BCUT2D eigenvalue weighted by atomic mass is 10.2. The lowest BCUT2D eigenvalue weighted by Gasteiger charge is -2.09. The Bertz CT molecular complexity index is 157. The van der Waals surface area contributed by atoms with Gasteiger partial charge in [0.2, 0.25) is 0 Å². The fourth-order valence-electron chi connectivity index (χ4n) is 0.880. The highest BCUT2D eigenvalue weighted by Crippen LogP contribution is 1.95. The molecule has 0 aromatic heterocycles. The Morgan fingerprint density at radius 1 is 1.54 bits per heavy atom. The second-order valence-corrected chi connectivity index (χ2v) is 3.42. The van der Waals surface area contributed by atoms with Crippen molar-refractivity contribution < 1.29 is 5.11 Å². The Hall–Kier alpha value is -0.770. The van der Waals surface area contributed by atoms with Crippen molar-refractivity contribution in [1.29, 1.82) is 0 Å². The maximum absolute atomic E-state index is 9.22. The lowest BCUT2D eigenvalue weighted by Crippen LogP contribution is -2.36. The minimum atomic E-state index is -0.254. The molecule has 0 radical (unpaired) electrons. The van der Waals surface area contributed by atoms with Crippen molar-refractivity contribution in [3.05, 3.63) is 0 Å². The van der Waals surface area contributed by atoms with E-state index in [9.17, 15) is 5.11 Å². The molecule has 0 spiro atoms. The van der Waals surface area contributed by atoms with Crippen LogP contribution in [0.4, 0.5) is 0 Å². The standard InChI is InChI=1S/C9H21N3O/c1-4-8(13)5-6-11-9(10)12-7(2)3/h7-8,13H,4-6H2,1-3H3,(H3,10,11,12). The molecule has 1 atom stereocenters. The van der Waals surface area contributed by atoms with Crippen LogP contribution in [-0.4, -0.2) is 29.8 Å². The highest BCUT2D eigenvalue weighted by Gasteiger charge is 1.99. The SMILES string of the molecule is CCC(O)CCN=C(N)NC(C)C. The first kappa shape index (κ1) is 12.2. The quantitative estimate of drug-likeness (QED) is 0.432. The summed E-state index contributed by atoms with van der Waals surface area (Å²) in [5.41, 5.74) is 5.56. The largest absolute Gasteiger partial charge is 0.393 e. The number of guanidine groups is 1. The first-order valence-corrected chi connectivity index (χ1v) is 4.80. The molecule has 13 heavy (non-hydrogen) atoms. The summed E-state index contributed by atoms with van der Waals surface area (Å²) < 4.78 is 0. The van der Waals surface area contributed by atoms with Gasteiger partial charge in [0.1, 0.15) is 0 Å². The van der Waals surface area contributed by atoms with Crippen LogP contribution in [0.25, 0.3) is 0 Å². The summed E-state index contributed by atoms with van der Waals surface area (Å²) in [5.74, 6) is 0.457. The number of aliphatic hydroxyl groups excluding tert-OH is 1. The Kier molecular flexibility index (Phi) is 6.32. The van der Waals surface area contributed by atoms with Crippen LogP contribution in [0.5, 0.6) is 0 Å². The summed E-state index contributed by atoms with van der Waals surface area (Å²) in [5, 5.41) is 12.2. The third-order valence-electron chi connectivity index (χ3n) is 1.65. The van der Waals surface area contributed by atoms with Crippen molar-refractivity contribution in [2.75, 3.05) is 6.54 Å². The van der Waals surface area contributed by atoms with Crippen molar-refractivity contribution in [2.24, 2.45) is 10.7 Å². The van der Waals surface area contributed by atoms with Crippen LogP contribution in [-0.2, 0) is 0 Å². The molecule has 1 unspecified atom stereocenters. The number of aliphatic hydroxyl groups is 1. The minimum Gasteiger partial charge on any atom is -0.393 e. The molecule has 0 aliphatic carbocycles. The van der Waals surface area contributed by atoms with Crippen LogP contribution >= 0.6 is 0 Å². The Balaban J connectivity index is 3.58. The Morgan fingerprint density at radius 2 is 2.15 bits per heavy atom. The Labute approximate surface area is 80.2 Å². The van der Waals surface area contributed by atoms with E-state index in [1.54, 1.807) is 0 Å². The van der Waals surface area contributed by atoms with Crippen LogP contribution < -0.4 is 11.1 Å². The molecular weight excluding hydrogens is 166 g/mol. The van der Waals surface area contributed by atoms with Crippen molar-refractivity contribution in [3.8, 4) is 0 Å². The fraction of sp³-hybridized carbons (Fsp3) is 0.889. The van der Waals surface area contributed by atoms with Crippen LogP contribution in [0, 0.1) is 0 Å². The molecule has 0 fully saturated rings. The van der Waals surface area contributed by atoms with Crippen LogP contribution in [0.2, 0.25) is 0 Å². The third kappa shape index (κ3) is 7.59. The molecule has 0 aliphatic rings. The average molecular weight is 187 g/mol. The second kappa shape index (κ2) is 6.71. The van der Waals surface area contributed by atoms with Gasteiger partial charge in [0.05, 0.1) is 6.10 Å². The maximum Gasteiger partial charge on any atom is 0.188 e. The number of nitrogens with one attached hydrogen (secondary N) is 1. The summed E-state index contributed by atoms with van der Waals surface area (Å²) in [7, 11) is 0. The van der Waals surface area contributed by atoms with Crippen LogP contribution in [0.15, 0.2) is 4.99 Å². The zero-order valence-electron chi connectivity index (χ0n) is 8.75. The number of hydrogen-bond donors (Lipinski definition) is 3. The van der Waals surface area contributed by atoms with E-state index >= 15 is 0 Å². The van der Waals surface area contributed by atoms with Gasteiger partial charge >= 0.3 is 0 Å². The molecule has 78 valence electrons. The van der Waals surface area contributed by atoms with E-state index in [1.807, 2.05) is 20.8 Å². The van der Waals surface area contributed by atoms with Gasteiger partial charge in [-0.1, -0.05) is 6.92 Å². The molecule has 0 saturated carbocycles. The summed E-state index contributed by atoms with van der Waals surface area (Å²) in [6, 6.07) is 0.305. The smallest absolute Gasteiger partial charge is 0.188 e. The monoisotopic (exact) mass is 187 g/mol. The second-order valence-electron chi connectivity index (χ2n) is 3.42. The highest BCUT2D eigenvalue weighted by atomic mass is 16.3. The van der Waals surface area contributed by atoms with Crippen LogP contribution in [0.3, 0.4) is 0 Å². The summed E-state index contributed by atoms with van der Waals surface area (Å²) in [6.07, 6.45) is 1.19. The summed E-state index contributed by atoms with van der Waals surface area (Å²) >= 11 is 0. The van der Waals surface area contributed by atoms with E-state index in [2.05, 4.69) is 10.3 Å². The topological polar surface area (TPSA) is 70.6 Å². The molecular formula is C9H21N3O. The van der Waals surface area contributed by atoms with E-state index in [0.29, 0.717) is 25.0 Å². The van der Waals surface area contributed by atoms with Crippen molar-refractivity contribution >= 4 is 5.96 Å². The van der Waals surface area contributed by atoms with E-state index in [-0.39, 0.29) is 6.10 Å². The van der Waals surface area contributed by atoms with E-state index in [0.717, 1.165) is 6.42 Å². The van der Waals surface area contributed by atoms with Gasteiger partial charge in [-0.3, -0.25) is 4.99 Å². The zero-order valence-corrected chi connectivity index (χ0v) is 8.75. The van der Waals surface area contributed by atoms with Gasteiger partial charge in [-0.25, -0.2) is 0 Å². The van der Waals surface area contributed by atoms with Gasteiger partial charge in [-0.05, 0) is 26.7 Å². The molecule has 0 aromatic carbocycles. The van der Waals surface area contributed by atoms with Gasteiger partial charge in [0.25, 0.3) is 0 Å². The van der Waals surface area contributed by atoms with Crippen LogP contribution in [0.1, 0.15) is 33.6 Å². The Morgan fingerprint density at radius 3 is 2.62 bits per heavy atom. The molecule has 4 N–H and O–H groups in total. The fourth-order valence-corrected chi connectivity index (χ4v) is 0.880. The summed E-state index contributed by atoms with van der Waals surface area (Å²) in [4.78, 5) is 4.08. The molecule has 0 amide bonds. The van der Waals surface area contributed by atoms with E-state index in [4.69, 9.17) is 5.73 Å². The number of nitrogens with zero attached hydrogens (tertiary/aromatic N) is 1. The molecule has 0 bridgehead atoms. The highest BCUT2D eigenvalue weighted by molar-refractivity contribution is 5.77. The molecule has 4 heteroatoms. The lowest BCUT2D eigenvalue weighted by molar-refractivity contribution is 0.163. The van der Waals surface area contributed by atoms with E-state index in [1.165, 1.54) is 0 Å². The number of nitrogens with two attached hydrogens (primary N) is 1. The number of aliphatic imine (C=N–C) groups is 1. The normalized spacial score (nSPS) is 14.7. The van der Waals surface area contributed by atoms with Crippen molar-refractivity contribution in [2.45, 2.75) is 45.8 Å². The summed E-state index contributed by atoms with van der Waals surface area (Å²) in [6.45, 7) is 6.54. The molecule has 4 nitrogen and oxygen atoms in total. The molecule has 0 saturated heterocycles. The van der Waals surface area contributed by atoms with Gasteiger partial charge < -0.3 is 16.2 Å². The predicted molar refractivity (Wildman–Crippen MR) is 55.7 cm³/mol. The van der Waals surface area contributed by atoms with Gasteiger partial charge in [-0.15, -0.1) is 0 Å². The first-order chi connectivity index (χ1) is 6.06. The minimum absolute atomic E-state index is 0.254. The van der Waals surface area contributed by atoms with Crippen molar-refractivity contribution in [1.82, 2.24) is 5.32 Å². The molecule has 0 aromatic rings. The number of hydrogen-bond acceptors (Lipinski definition) is 2. The van der Waals surface area contributed by atoms with Crippen molar-refractivity contribution in [3.63, 3.8) is 0 Å². The molecule has 0 heterocycles. The maximum atomic E-state index is 9.22. The average Bonchev–Trinajstić information content (AvgIpc) is 2.02. The third-order valence-corrected chi connectivity index (χ3v) is 1.65. The molecule has 0 rings (SSSR count). The number of rotatable bonds is 5. The molecule has 0 aliphatic heterocycles. The van der Waals surface area contributed by atoms with E-state index < -0.39 is 0 Å². The van der Waals surface area contributed by atoms with Gasteiger partial charge in [0.15, 0.2) is 5.96 Å². The van der Waals surface area contributed by atoms with Gasteiger partial charge in [0, 0.05) is 12.6 Å². The van der Waals surface area contributed by atoms with Gasteiger partial charge in [-0.2, -0.15) is 0 Å². The zero-order chi connectivity index (χ0) is 10.3.